The Balaban J connectivity index is 4.42. The van der Waals surface area contributed by atoms with Crippen LogP contribution in [0, 0.1) is 0 Å². The number of hydrogen-bond acceptors (Lipinski definition) is 6. The summed E-state index contributed by atoms with van der Waals surface area (Å²) in [6, 6.07) is -0.629. The van der Waals surface area contributed by atoms with Crippen molar-refractivity contribution in [2.75, 3.05) is 41.0 Å². The summed E-state index contributed by atoms with van der Waals surface area (Å²) >= 11 is 0. The molecule has 0 bridgehead atoms. The molecule has 0 aliphatic rings. The molecule has 348 valence electrons. The molecule has 8 heteroatoms. The van der Waals surface area contributed by atoms with E-state index in [1.165, 1.54) is 57.8 Å². The smallest absolute Gasteiger partial charge is 0.362 e. The first-order valence-electron chi connectivity index (χ1n) is 24.1. The second-order valence-corrected chi connectivity index (χ2v) is 17.0. The third-order valence-corrected chi connectivity index (χ3v) is 10.3. The fourth-order valence-corrected chi connectivity index (χ4v) is 6.56. The van der Waals surface area contributed by atoms with Gasteiger partial charge in [-0.15, -0.1) is 0 Å². The van der Waals surface area contributed by atoms with E-state index in [-0.39, 0.29) is 42.7 Å². The first kappa shape index (κ1) is 57.5. The first-order valence-corrected chi connectivity index (χ1v) is 24.1. The largest absolute Gasteiger partial charge is 0.477 e. The van der Waals surface area contributed by atoms with Gasteiger partial charge < -0.3 is 23.8 Å². The Hall–Kier alpha value is -3.49. The Bertz CT molecular complexity index is 1270. The molecule has 0 fully saturated rings. The molecule has 0 saturated carbocycles. The van der Waals surface area contributed by atoms with Crippen LogP contribution >= 0.6 is 0 Å². The van der Waals surface area contributed by atoms with Gasteiger partial charge in [-0.25, -0.2) is 4.79 Å². The van der Waals surface area contributed by atoms with Crippen LogP contribution in [0.15, 0.2) is 85.1 Å². The molecule has 0 aliphatic carbocycles. The van der Waals surface area contributed by atoms with Gasteiger partial charge in [0.2, 0.25) is 0 Å². The van der Waals surface area contributed by atoms with Crippen molar-refractivity contribution in [3.8, 4) is 0 Å². The van der Waals surface area contributed by atoms with Gasteiger partial charge in [0.15, 0.2) is 12.1 Å². The van der Waals surface area contributed by atoms with E-state index in [1.807, 2.05) is 21.1 Å². The number of allylic oxidation sites excluding steroid dienone is 14. The van der Waals surface area contributed by atoms with Crippen LogP contribution in [0.3, 0.4) is 0 Å². The van der Waals surface area contributed by atoms with Gasteiger partial charge in [-0.3, -0.25) is 9.59 Å². The molecule has 0 aromatic carbocycles. The van der Waals surface area contributed by atoms with Crippen molar-refractivity contribution in [3.63, 3.8) is 0 Å². The molecule has 0 radical (unpaired) electrons. The van der Waals surface area contributed by atoms with E-state index in [9.17, 15) is 19.5 Å². The maximum Gasteiger partial charge on any atom is 0.362 e. The van der Waals surface area contributed by atoms with Crippen molar-refractivity contribution in [1.29, 1.82) is 0 Å². The second kappa shape index (κ2) is 43.2. The monoisotopic (exact) mass is 853 g/mol. The van der Waals surface area contributed by atoms with Crippen LogP contribution in [-0.4, -0.2) is 80.6 Å². The lowest BCUT2D eigenvalue weighted by Crippen LogP contribution is -2.50. The van der Waals surface area contributed by atoms with E-state index in [0.29, 0.717) is 19.3 Å². The third-order valence-electron chi connectivity index (χ3n) is 10.3. The minimum atomic E-state index is -0.886. The molecule has 2 atom stereocenters. The number of ether oxygens (including phenoxy) is 3. The standard InChI is InChI=1S/C53H89NO7/c1-6-8-10-12-14-16-18-20-22-24-25-26-27-28-30-32-34-36-38-40-42-44-52(56)61-49(47-59-46-45-50(53(57)58)54(3,4)5)48-60-51(55)43-41-39-37-35-33-31-29-23-21-19-17-15-13-11-9-7-2/h8,10,14,16,20,22-23,25-26,28-30,34,36,49-50H,6-7,9,11-13,15,17-19,21,24,27,31-33,35,37-48H2,1-5H3/p+1/b10-8+,16-14+,22-20+,26-25+,29-23+,30-28+,36-34+. The predicted octanol–water partition coefficient (Wildman–Crippen LogP) is 13.7. The van der Waals surface area contributed by atoms with Crippen molar-refractivity contribution >= 4 is 17.9 Å². The summed E-state index contributed by atoms with van der Waals surface area (Å²) in [6.07, 6.45) is 56.3. The van der Waals surface area contributed by atoms with Crippen molar-refractivity contribution in [1.82, 2.24) is 0 Å². The van der Waals surface area contributed by atoms with Gasteiger partial charge in [0, 0.05) is 19.3 Å². The van der Waals surface area contributed by atoms with E-state index in [4.69, 9.17) is 14.2 Å². The number of carbonyl (C=O) groups excluding carboxylic acids is 2. The highest BCUT2D eigenvalue weighted by molar-refractivity contribution is 5.72. The van der Waals surface area contributed by atoms with Crippen molar-refractivity contribution in [3.05, 3.63) is 85.1 Å². The minimum Gasteiger partial charge on any atom is -0.477 e. The summed E-state index contributed by atoms with van der Waals surface area (Å²) in [5.41, 5.74) is 0. The van der Waals surface area contributed by atoms with Crippen LogP contribution in [0.2, 0.25) is 0 Å². The molecular weight excluding hydrogens is 763 g/mol. The summed E-state index contributed by atoms with van der Waals surface area (Å²) in [6.45, 7) is 4.56. The number of carbonyl (C=O) groups is 3. The molecule has 0 rings (SSSR count). The molecule has 0 spiro atoms. The van der Waals surface area contributed by atoms with Crippen LogP contribution in [-0.2, 0) is 28.6 Å². The second-order valence-electron chi connectivity index (χ2n) is 17.0. The number of carboxylic acids is 1. The average Bonchev–Trinajstić information content (AvgIpc) is 3.22. The maximum atomic E-state index is 12.8. The lowest BCUT2D eigenvalue weighted by Gasteiger charge is -2.31. The van der Waals surface area contributed by atoms with Gasteiger partial charge in [-0.1, -0.05) is 157 Å². The van der Waals surface area contributed by atoms with E-state index in [0.717, 1.165) is 83.5 Å². The molecule has 2 unspecified atom stereocenters. The summed E-state index contributed by atoms with van der Waals surface area (Å²) in [7, 11) is 5.50. The Labute approximate surface area is 373 Å². The number of hydrogen-bond donors (Lipinski definition) is 1. The lowest BCUT2D eigenvalue weighted by molar-refractivity contribution is -0.887. The Morgan fingerprint density at radius 2 is 0.918 bits per heavy atom. The van der Waals surface area contributed by atoms with Gasteiger partial charge in [-0.2, -0.15) is 0 Å². The zero-order valence-corrected chi connectivity index (χ0v) is 39.6. The zero-order valence-electron chi connectivity index (χ0n) is 39.6. The Morgan fingerprint density at radius 3 is 1.41 bits per heavy atom. The van der Waals surface area contributed by atoms with Crippen LogP contribution in [0.4, 0.5) is 0 Å². The first-order chi connectivity index (χ1) is 29.6. The van der Waals surface area contributed by atoms with Crippen molar-refractivity contribution < 1.29 is 38.2 Å². The molecular formula is C53H90NO7+. The van der Waals surface area contributed by atoms with Crippen LogP contribution < -0.4 is 0 Å². The molecule has 61 heavy (non-hydrogen) atoms. The van der Waals surface area contributed by atoms with E-state index < -0.39 is 18.1 Å². The van der Waals surface area contributed by atoms with Crippen molar-refractivity contribution in [2.45, 2.75) is 193 Å². The Morgan fingerprint density at radius 1 is 0.508 bits per heavy atom. The number of unbranched alkanes of at least 4 members (excludes halogenated alkanes) is 14. The lowest BCUT2D eigenvalue weighted by atomic mass is 10.1. The summed E-state index contributed by atoms with van der Waals surface area (Å²) in [5, 5.41) is 9.64. The fraction of sp³-hybridized carbons (Fsp3) is 0.679. The van der Waals surface area contributed by atoms with Crippen LogP contribution in [0.1, 0.15) is 181 Å². The summed E-state index contributed by atoms with van der Waals surface area (Å²) in [4.78, 5) is 37.1. The molecule has 8 nitrogen and oxygen atoms in total. The van der Waals surface area contributed by atoms with Crippen LogP contribution in [0.5, 0.6) is 0 Å². The minimum absolute atomic E-state index is 0.0362. The van der Waals surface area contributed by atoms with Gasteiger partial charge in [0.05, 0.1) is 34.4 Å². The molecule has 0 amide bonds. The van der Waals surface area contributed by atoms with Crippen molar-refractivity contribution in [2.24, 2.45) is 0 Å². The zero-order chi connectivity index (χ0) is 44.9. The molecule has 0 aliphatic heterocycles. The quantitative estimate of drug-likeness (QED) is 0.0283. The average molecular weight is 853 g/mol. The fourth-order valence-electron chi connectivity index (χ4n) is 6.56. The summed E-state index contributed by atoms with van der Waals surface area (Å²) < 4.78 is 17.3. The molecule has 0 aromatic heterocycles. The number of esters is 2. The molecule has 0 saturated heterocycles. The molecule has 0 heterocycles. The highest BCUT2D eigenvalue weighted by Crippen LogP contribution is 2.13. The number of likely N-dealkylation sites (N-methyl/N-ethyl adjacent to an activating group) is 1. The highest BCUT2D eigenvalue weighted by Gasteiger charge is 2.31. The summed E-state index contributed by atoms with van der Waals surface area (Å²) in [5.74, 6) is -1.54. The van der Waals surface area contributed by atoms with Gasteiger partial charge >= 0.3 is 17.9 Å². The number of nitrogens with zero attached hydrogens (tertiary/aromatic N) is 1. The Kier molecular flexibility index (Phi) is 40.7. The number of quaternary nitrogens is 1. The van der Waals surface area contributed by atoms with E-state index in [2.05, 4.69) is 98.9 Å². The highest BCUT2D eigenvalue weighted by atomic mass is 16.6. The SMILES string of the molecule is CC/C=C/C/C=C/C/C=C/C/C=C/C/C=C/C/C=C/CCCCC(=O)OC(COCCC(C(=O)O)[N+](C)(C)C)COC(=O)CCCCCCC/C=C/CCCCCCCCC. The number of aliphatic carboxylic acids is 1. The number of rotatable bonds is 42. The molecule has 1 N–H and O–H groups in total. The predicted molar refractivity (Wildman–Crippen MR) is 256 cm³/mol. The maximum absolute atomic E-state index is 12.8. The third kappa shape index (κ3) is 41.6. The normalized spacial score (nSPS) is 13.7. The number of carboxylic acid groups (broad SMARTS) is 1. The van der Waals surface area contributed by atoms with Gasteiger partial charge in [-0.05, 0) is 89.9 Å². The van der Waals surface area contributed by atoms with Crippen LogP contribution in [0.25, 0.3) is 0 Å². The van der Waals surface area contributed by atoms with Gasteiger partial charge in [0.25, 0.3) is 0 Å². The molecule has 0 aromatic rings. The van der Waals surface area contributed by atoms with E-state index in [1.54, 1.807) is 0 Å². The topological polar surface area (TPSA) is 99.1 Å². The van der Waals surface area contributed by atoms with E-state index >= 15 is 0 Å². The van der Waals surface area contributed by atoms with Gasteiger partial charge in [0.1, 0.15) is 6.61 Å².